The van der Waals surface area contributed by atoms with Crippen molar-refractivity contribution < 1.29 is 0 Å². The Bertz CT molecular complexity index is 168. The quantitative estimate of drug-likeness (QED) is 0.701. The highest BCUT2D eigenvalue weighted by Gasteiger charge is 2.14. The van der Waals surface area contributed by atoms with Crippen molar-refractivity contribution in [2.75, 3.05) is 26.2 Å². The smallest absolute Gasteiger partial charge is 0.00103 e. The van der Waals surface area contributed by atoms with Crippen LogP contribution in [0.3, 0.4) is 0 Å². The van der Waals surface area contributed by atoms with E-state index in [0.717, 1.165) is 5.92 Å². The third kappa shape index (κ3) is 5.86. The lowest BCUT2D eigenvalue weighted by molar-refractivity contribution is 0.274. The lowest BCUT2D eigenvalue weighted by Crippen LogP contribution is -2.30. The van der Waals surface area contributed by atoms with E-state index in [-0.39, 0.29) is 0 Å². The zero-order valence-electron chi connectivity index (χ0n) is 11.5. The third-order valence-electron chi connectivity index (χ3n) is 3.72. The molecule has 1 atom stereocenters. The van der Waals surface area contributed by atoms with Crippen LogP contribution in [0.15, 0.2) is 0 Å². The van der Waals surface area contributed by atoms with Crippen LogP contribution < -0.4 is 5.32 Å². The molecule has 1 aliphatic rings. The van der Waals surface area contributed by atoms with Crippen molar-refractivity contribution in [3.63, 3.8) is 0 Å². The number of rotatable bonds is 6. The van der Waals surface area contributed by atoms with E-state index < -0.39 is 0 Å². The number of nitrogens with zero attached hydrogens (tertiary/aromatic N) is 1. The molecule has 2 nitrogen and oxygen atoms in total. The monoisotopic (exact) mass is 226 g/mol. The fourth-order valence-electron chi connectivity index (χ4n) is 2.55. The van der Waals surface area contributed by atoms with Crippen molar-refractivity contribution >= 4 is 0 Å². The van der Waals surface area contributed by atoms with Crippen molar-refractivity contribution in [3.8, 4) is 0 Å². The van der Waals surface area contributed by atoms with Gasteiger partial charge in [-0.2, -0.15) is 0 Å². The van der Waals surface area contributed by atoms with Gasteiger partial charge < -0.3 is 10.2 Å². The molecule has 0 saturated carbocycles. The first-order valence-corrected chi connectivity index (χ1v) is 7.18. The topological polar surface area (TPSA) is 15.3 Å². The summed E-state index contributed by atoms with van der Waals surface area (Å²) in [4.78, 5) is 2.66. The van der Waals surface area contributed by atoms with Crippen molar-refractivity contribution in [2.24, 2.45) is 5.92 Å². The van der Waals surface area contributed by atoms with Crippen LogP contribution in [-0.4, -0.2) is 37.1 Å². The van der Waals surface area contributed by atoms with Gasteiger partial charge in [0.05, 0.1) is 0 Å². The fourth-order valence-corrected chi connectivity index (χ4v) is 2.55. The molecule has 1 heterocycles. The van der Waals surface area contributed by atoms with Crippen molar-refractivity contribution in [1.82, 2.24) is 10.2 Å². The first-order chi connectivity index (χ1) is 7.72. The molecule has 0 aliphatic carbocycles. The van der Waals surface area contributed by atoms with E-state index in [1.165, 1.54) is 58.3 Å². The molecule has 0 amide bonds. The normalized spacial score (nSPS) is 23.6. The van der Waals surface area contributed by atoms with Gasteiger partial charge in [0.15, 0.2) is 0 Å². The van der Waals surface area contributed by atoms with Gasteiger partial charge in [-0.3, -0.25) is 0 Å². The van der Waals surface area contributed by atoms with Crippen molar-refractivity contribution in [3.05, 3.63) is 0 Å². The second-order valence-electron chi connectivity index (χ2n) is 5.51. The Balaban J connectivity index is 2.08. The molecule has 0 aromatic rings. The molecule has 1 fully saturated rings. The average molecular weight is 226 g/mol. The molecule has 1 N–H and O–H groups in total. The standard InChI is InChI=1S/C14H30N2/c1-4-14-7-5-10-16(12-8-14)11-6-9-15-13(2)3/h13-15H,4-12H2,1-3H3. The molecular weight excluding hydrogens is 196 g/mol. The van der Waals surface area contributed by atoms with E-state index in [9.17, 15) is 0 Å². The Kier molecular flexibility index (Phi) is 7.06. The number of hydrogen-bond donors (Lipinski definition) is 1. The molecule has 1 unspecified atom stereocenters. The summed E-state index contributed by atoms with van der Waals surface area (Å²) in [6.07, 6.45) is 6.97. The maximum Gasteiger partial charge on any atom is 0.00103 e. The van der Waals surface area contributed by atoms with Gasteiger partial charge in [0.2, 0.25) is 0 Å². The predicted octanol–water partition coefficient (Wildman–Crippen LogP) is 2.89. The Labute approximate surface area is 102 Å². The molecule has 16 heavy (non-hydrogen) atoms. The Morgan fingerprint density at radius 3 is 2.75 bits per heavy atom. The van der Waals surface area contributed by atoms with Gasteiger partial charge in [-0.05, 0) is 57.8 Å². The summed E-state index contributed by atoms with van der Waals surface area (Å²) in [6.45, 7) is 11.9. The summed E-state index contributed by atoms with van der Waals surface area (Å²) in [6, 6.07) is 0.633. The zero-order chi connectivity index (χ0) is 11.8. The van der Waals surface area contributed by atoms with Crippen molar-refractivity contribution in [2.45, 2.75) is 58.9 Å². The van der Waals surface area contributed by atoms with Crippen LogP contribution in [0.4, 0.5) is 0 Å². The fraction of sp³-hybridized carbons (Fsp3) is 1.00. The van der Waals surface area contributed by atoms with Gasteiger partial charge >= 0.3 is 0 Å². The van der Waals surface area contributed by atoms with Gasteiger partial charge in [-0.15, -0.1) is 0 Å². The minimum atomic E-state index is 0.633. The molecule has 1 rings (SSSR count). The van der Waals surface area contributed by atoms with Crippen LogP contribution in [0.5, 0.6) is 0 Å². The average Bonchev–Trinajstić information content (AvgIpc) is 2.49. The van der Waals surface area contributed by atoms with E-state index in [1.807, 2.05) is 0 Å². The van der Waals surface area contributed by atoms with Crippen LogP contribution in [-0.2, 0) is 0 Å². The summed E-state index contributed by atoms with van der Waals surface area (Å²) in [5, 5.41) is 3.49. The van der Waals surface area contributed by atoms with E-state index in [2.05, 4.69) is 31.0 Å². The predicted molar refractivity (Wildman–Crippen MR) is 71.8 cm³/mol. The SMILES string of the molecule is CCC1CCCN(CCCNC(C)C)CC1. The maximum absolute atomic E-state index is 3.49. The molecule has 0 aromatic heterocycles. The molecule has 96 valence electrons. The Morgan fingerprint density at radius 2 is 2.06 bits per heavy atom. The van der Waals surface area contributed by atoms with Crippen LogP contribution in [0.2, 0.25) is 0 Å². The summed E-state index contributed by atoms with van der Waals surface area (Å²) in [5.41, 5.74) is 0. The molecule has 2 heteroatoms. The van der Waals surface area contributed by atoms with Crippen LogP contribution in [0.25, 0.3) is 0 Å². The Hall–Kier alpha value is -0.0800. The first-order valence-electron chi connectivity index (χ1n) is 7.18. The van der Waals surface area contributed by atoms with Crippen LogP contribution in [0, 0.1) is 5.92 Å². The van der Waals surface area contributed by atoms with E-state index >= 15 is 0 Å². The molecule has 0 radical (unpaired) electrons. The Morgan fingerprint density at radius 1 is 1.25 bits per heavy atom. The maximum atomic E-state index is 3.49. The largest absolute Gasteiger partial charge is 0.314 e. The second kappa shape index (κ2) is 8.08. The van der Waals surface area contributed by atoms with Crippen molar-refractivity contribution in [1.29, 1.82) is 0 Å². The van der Waals surface area contributed by atoms with Gasteiger partial charge in [-0.1, -0.05) is 27.2 Å². The molecule has 0 aromatic carbocycles. The van der Waals surface area contributed by atoms with Gasteiger partial charge in [0.1, 0.15) is 0 Å². The second-order valence-corrected chi connectivity index (χ2v) is 5.51. The van der Waals surface area contributed by atoms with E-state index in [0.29, 0.717) is 6.04 Å². The van der Waals surface area contributed by atoms with E-state index in [1.54, 1.807) is 0 Å². The minimum Gasteiger partial charge on any atom is -0.314 e. The molecule has 1 aliphatic heterocycles. The highest BCUT2D eigenvalue weighted by molar-refractivity contribution is 4.69. The number of hydrogen-bond acceptors (Lipinski definition) is 2. The minimum absolute atomic E-state index is 0.633. The summed E-state index contributed by atoms with van der Waals surface area (Å²) in [5.74, 6) is 0.999. The molecule has 1 saturated heterocycles. The molecule has 0 bridgehead atoms. The lowest BCUT2D eigenvalue weighted by Gasteiger charge is -2.20. The van der Waals surface area contributed by atoms with Gasteiger partial charge in [0, 0.05) is 6.04 Å². The summed E-state index contributed by atoms with van der Waals surface area (Å²) < 4.78 is 0. The number of nitrogens with one attached hydrogen (secondary N) is 1. The summed E-state index contributed by atoms with van der Waals surface area (Å²) in [7, 11) is 0. The zero-order valence-corrected chi connectivity index (χ0v) is 11.5. The van der Waals surface area contributed by atoms with E-state index in [4.69, 9.17) is 0 Å². The van der Waals surface area contributed by atoms with Crippen LogP contribution in [0.1, 0.15) is 52.9 Å². The van der Waals surface area contributed by atoms with Gasteiger partial charge in [0.25, 0.3) is 0 Å². The number of likely N-dealkylation sites (tertiary alicyclic amines) is 1. The highest BCUT2D eigenvalue weighted by Crippen LogP contribution is 2.19. The first kappa shape index (κ1) is 14.0. The van der Waals surface area contributed by atoms with Gasteiger partial charge in [-0.25, -0.2) is 0 Å². The molecule has 0 spiro atoms. The summed E-state index contributed by atoms with van der Waals surface area (Å²) >= 11 is 0. The van der Waals surface area contributed by atoms with Crippen LogP contribution >= 0.6 is 0 Å². The molecular formula is C14H30N2. The highest BCUT2D eigenvalue weighted by atomic mass is 15.1. The lowest BCUT2D eigenvalue weighted by atomic mass is 9.98. The third-order valence-corrected chi connectivity index (χ3v) is 3.72.